The lowest BCUT2D eigenvalue weighted by atomic mass is 10.3. The lowest BCUT2D eigenvalue weighted by Crippen LogP contribution is -2.16. The number of aromatic nitrogens is 1. The first-order valence-electron chi connectivity index (χ1n) is 8.30. The van der Waals surface area contributed by atoms with Gasteiger partial charge in [0.15, 0.2) is 0 Å². The smallest absolute Gasteiger partial charge is 0.285 e. The Balaban J connectivity index is 2.15. The summed E-state index contributed by atoms with van der Waals surface area (Å²) >= 11 is 1.30. The number of hydrogen-bond donors (Lipinski definition) is 0. The van der Waals surface area contributed by atoms with Gasteiger partial charge in [-0.25, -0.2) is 0 Å². The number of thiazole rings is 1. The number of sulfonamides is 1. The Kier molecular flexibility index (Phi) is 5.67. The van der Waals surface area contributed by atoms with Crippen LogP contribution in [0.5, 0.6) is 11.5 Å². The van der Waals surface area contributed by atoms with Crippen LogP contribution in [0, 0.1) is 0 Å². The molecule has 0 aliphatic heterocycles. The normalized spacial score (nSPS) is 12.3. The molecule has 0 bridgehead atoms. The highest BCUT2D eigenvalue weighted by Crippen LogP contribution is 2.24. The van der Waals surface area contributed by atoms with Gasteiger partial charge in [0.2, 0.25) is 4.80 Å². The highest BCUT2D eigenvalue weighted by atomic mass is 32.2. The fourth-order valence-corrected chi connectivity index (χ4v) is 4.86. The average Bonchev–Trinajstić information content (AvgIpc) is 2.98. The van der Waals surface area contributed by atoms with E-state index in [0.29, 0.717) is 23.7 Å². The summed E-state index contributed by atoms with van der Waals surface area (Å²) < 4.78 is 42.9. The average molecular weight is 405 g/mol. The largest absolute Gasteiger partial charge is 0.497 e. The van der Waals surface area contributed by atoms with Gasteiger partial charge < -0.3 is 14.0 Å². The Morgan fingerprint density at radius 3 is 2.52 bits per heavy atom. The lowest BCUT2D eigenvalue weighted by Gasteiger charge is -2.04. The van der Waals surface area contributed by atoms with Crippen molar-refractivity contribution in [2.75, 3.05) is 13.7 Å². The van der Waals surface area contributed by atoms with E-state index in [9.17, 15) is 8.42 Å². The van der Waals surface area contributed by atoms with E-state index >= 15 is 0 Å². The maximum atomic E-state index is 12.7. The van der Waals surface area contributed by atoms with Crippen LogP contribution in [-0.4, -0.2) is 26.7 Å². The molecule has 3 rings (SSSR count). The number of ether oxygens (including phenoxy) is 2. The summed E-state index contributed by atoms with van der Waals surface area (Å²) in [7, 11) is -2.33. The van der Waals surface area contributed by atoms with Gasteiger partial charge in [-0.15, -0.1) is 11.0 Å². The quantitative estimate of drug-likeness (QED) is 0.565. The molecule has 6 nitrogen and oxygen atoms in total. The van der Waals surface area contributed by atoms with Crippen molar-refractivity contribution in [2.45, 2.75) is 18.4 Å². The predicted molar refractivity (Wildman–Crippen MR) is 107 cm³/mol. The van der Waals surface area contributed by atoms with Gasteiger partial charge in [-0.3, -0.25) is 0 Å². The molecule has 0 atom stereocenters. The van der Waals surface area contributed by atoms with Gasteiger partial charge in [0.05, 0.1) is 28.8 Å². The minimum atomic E-state index is -3.85. The summed E-state index contributed by atoms with van der Waals surface area (Å²) in [5, 5.41) is 0. The fourth-order valence-electron chi connectivity index (χ4n) is 2.59. The zero-order valence-electron chi connectivity index (χ0n) is 15.1. The summed E-state index contributed by atoms with van der Waals surface area (Å²) in [5.41, 5.74) is 0.882. The van der Waals surface area contributed by atoms with Crippen molar-refractivity contribution >= 4 is 31.6 Å². The van der Waals surface area contributed by atoms with Crippen LogP contribution in [0.1, 0.15) is 6.92 Å². The highest BCUT2D eigenvalue weighted by molar-refractivity contribution is 7.90. The Labute approximate surface area is 162 Å². The zero-order chi connectivity index (χ0) is 19.4. The second-order valence-corrected chi connectivity index (χ2v) is 8.20. The molecule has 2 aromatic carbocycles. The maximum absolute atomic E-state index is 12.7. The zero-order valence-corrected chi connectivity index (χ0v) is 16.7. The molecule has 0 aliphatic rings. The number of benzene rings is 2. The van der Waals surface area contributed by atoms with Gasteiger partial charge in [0.25, 0.3) is 10.0 Å². The molecule has 142 valence electrons. The molecule has 0 fully saturated rings. The van der Waals surface area contributed by atoms with E-state index in [2.05, 4.69) is 11.0 Å². The van der Waals surface area contributed by atoms with Crippen LogP contribution in [0.25, 0.3) is 10.2 Å². The Morgan fingerprint density at radius 2 is 1.89 bits per heavy atom. The van der Waals surface area contributed by atoms with Gasteiger partial charge in [-0.05, 0) is 49.4 Å². The van der Waals surface area contributed by atoms with Crippen LogP contribution in [0.3, 0.4) is 0 Å². The highest BCUT2D eigenvalue weighted by Gasteiger charge is 2.15. The van der Waals surface area contributed by atoms with Crippen molar-refractivity contribution in [3.8, 4) is 11.5 Å². The molecule has 3 aromatic rings. The van der Waals surface area contributed by atoms with Gasteiger partial charge in [-0.2, -0.15) is 8.42 Å². The van der Waals surface area contributed by atoms with E-state index in [1.165, 1.54) is 30.6 Å². The van der Waals surface area contributed by atoms with Crippen molar-refractivity contribution in [1.82, 2.24) is 4.57 Å². The summed E-state index contributed by atoms with van der Waals surface area (Å²) in [6, 6.07) is 11.8. The van der Waals surface area contributed by atoms with Crippen LogP contribution in [0.15, 0.2) is 64.4 Å². The third kappa shape index (κ3) is 4.06. The number of rotatable bonds is 7. The van der Waals surface area contributed by atoms with Crippen molar-refractivity contribution in [3.63, 3.8) is 0 Å². The van der Waals surface area contributed by atoms with E-state index in [-0.39, 0.29) is 4.90 Å². The maximum Gasteiger partial charge on any atom is 0.285 e. The van der Waals surface area contributed by atoms with Gasteiger partial charge >= 0.3 is 0 Å². The summed E-state index contributed by atoms with van der Waals surface area (Å²) in [5.74, 6) is 1.32. The SMILES string of the molecule is C=CCn1/c(=N/S(=O)(=O)c2ccc(OC)cc2)sc2cc(OCC)ccc21. The summed E-state index contributed by atoms with van der Waals surface area (Å²) in [6.07, 6.45) is 1.71. The van der Waals surface area contributed by atoms with Gasteiger partial charge in [-0.1, -0.05) is 17.4 Å². The van der Waals surface area contributed by atoms with Crippen LogP contribution in [-0.2, 0) is 16.6 Å². The molecule has 0 N–H and O–H groups in total. The van der Waals surface area contributed by atoms with E-state index < -0.39 is 10.0 Å². The van der Waals surface area contributed by atoms with Crippen molar-refractivity contribution in [3.05, 3.63) is 59.9 Å². The molecule has 0 unspecified atom stereocenters. The van der Waals surface area contributed by atoms with Crippen molar-refractivity contribution in [2.24, 2.45) is 4.40 Å². The second-order valence-electron chi connectivity index (χ2n) is 5.59. The Hall–Kier alpha value is -2.58. The molecule has 0 radical (unpaired) electrons. The van der Waals surface area contributed by atoms with Gasteiger partial charge in [0.1, 0.15) is 11.5 Å². The summed E-state index contributed by atoms with van der Waals surface area (Å²) in [4.78, 5) is 0.496. The number of methoxy groups -OCH3 is 1. The minimum absolute atomic E-state index is 0.112. The first kappa shape index (κ1) is 19.2. The minimum Gasteiger partial charge on any atom is -0.497 e. The molecule has 0 saturated carbocycles. The molecular formula is C19H20N2O4S2. The lowest BCUT2D eigenvalue weighted by molar-refractivity contribution is 0.341. The van der Waals surface area contributed by atoms with Crippen LogP contribution in [0.4, 0.5) is 0 Å². The van der Waals surface area contributed by atoms with Gasteiger partial charge in [0, 0.05) is 6.54 Å². The second kappa shape index (κ2) is 7.98. The molecule has 8 heteroatoms. The number of hydrogen-bond acceptors (Lipinski definition) is 5. The first-order chi connectivity index (χ1) is 13.0. The molecule has 1 aromatic heterocycles. The predicted octanol–water partition coefficient (Wildman–Crippen LogP) is 3.59. The van der Waals surface area contributed by atoms with Crippen LogP contribution in [0.2, 0.25) is 0 Å². The van der Waals surface area contributed by atoms with E-state index in [4.69, 9.17) is 9.47 Å². The third-order valence-electron chi connectivity index (χ3n) is 3.83. The number of nitrogens with zero attached hydrogens (tertiary/aromatic N) is 2. The molecule has 0 aliphatic carbocycles. The van der Waals surface area contributed by atoms with Crippen LogP contribution < -0.4 is 14.3 Å². The van der Waals surface area contributed by atoms with Crippen molar-refractivity contribution in [1.29, 1.82) is 0 Å². The molecule has 0 spiro atoms. The van der Waals surface area contributed by atoms with E-state index in [1.54, 1.807) is 18.2 Å². The fraction of sp³-hybridized carbons (Fsp3) is 0.211. The Morgan fingerprint density at radius 1 is 1.19 bits per heavy atom. The topological polar surface area (TPSA) is 69.9 Å². The molecular weight excluding hydrogens is 384 g/mol. The molecule has 0 saturated heterocycles. The number of allylic oxidation sites excluding steroid dienone is 1. The van der Waals surface area contributed by atoms with Crippen molar-refractivity contribution < 1.29 is 17.9 Å². The van der Waals surface area contributed by atoms with E-state index in [0.717, 1.165) is 16.0 Å². The monoisotopic (exact) mass is 404 g/mol. The molecule has 27 heavy (non-hydrogen) atoms. The standard InChI is InChI=1S/C19H20N2O4S2/c1-4-12-21-17-11-8-15(25-5-2)13-18(17)26-19(21)20-27(22,23)16-9-6-14(24-3)7-10-16/h4,6-11,13H,1,5,12H2,2-3H3/b20-19-. The summed E-state index contributed by atoms with van der Waals surface area (Å²) in [6.45, 7) is 6.69. The third-order valence-corrected chi connectivity index (χ3v) is 6.27. The molecule has 0 amide bonds. The molecule has 1 heterocycles. The first-order valence-corrected chi connectivity index (χ1v) is 10.6. The van der Waals surface area contributed by atoms with E-state index in [1.807, 2.05) is 29.7 Å². The number of fused-ring (bicyclic) bond motifs is 1. The van der Waals surface area contributed by atoms with Crippen LogP contribution >= 0.6 is 11.3 Å². The Bertz CT molecular complexity index is 1130.